The summed E-state index contributed by atoms with van der Waals surface area (Å²) < 4.78 is 19.6. The molecule has 8 rings (SSSR count). The van der Waals surface area contributed by atoms with Crippen molar-refractivity contribution >= 4 is 5.78 Å². The van der Waals surface area contributed by atoms with Crippen LogP contribution in [0.5, 0.6) is 11.5 Å². The summed E-state index contributed by atoms with van der Waals surface area (Å²) in [6.45, 7) is 3.22. The van der Waals surface area contributed by atoms with E-state index in [0.717, 1.165) is 42.9 Å². The summed E-state index contributed by atoms with van der Waals surface area (Å²) in [5.41, 5.74) is 2.72. The van der Waals surface area contributed by atoms with Crippen LogP contribution in [0.3, 0.4) is 0 Å². The lowest BCUT2D eigenvalue weighted by Crippen LogP contribution is -2.79. The third-order valence-corrected chi connectivity index (χ3v) is 9.79. The molecule has 1 saturated carbocycles. The third-order valence-electron chi connectivity index (χ3n) is 9.79. The van der Waals surface area contributed by atoms with Gasteiger partial charge in [-0.15, -0.1) is 0 Å². The van der Waals surface area contributed by atoms with E-state index in [2.05, 4.69) is 48.4 Å². The smallest absolute Gasteiger partial charge is 0.166 e. The molecule has 5 nitrogen and oxygen atoms in total. The van der Waals surface area contributed by atoms with E-state index < -0.39 is 5.60 Å². The van der Waals surface area contributed by atoms with Crippen LogP contribution in [-0.2, 0) is 28.0 Å². The van der Waals surface area contributed by atoms with Gasteiger partial charge in [0.25, 0.3) is 0 Å². The molecule has 4 bridgehead atoms. The number of Topliss-reactive ketones (excluding diaryl/α,β-unsaturated/α-hetero) is 1. The summed E-state index contributed by atoms with van der Waals surface area (Å²) in [7, 11) is 3.98. The Morgan fingerprint density at radius 1 is 1.18 bits per heavy atom. The maximum absolute atomic E-state index is 13.0. The van der Waals surface area contributed by atoms with Gasteiger partial charge < -0.3 is 19.1 Å². The fourth-order valence-electron chi connectivity index (χ4n) is 8.35. The molecule has 0 aromatic heterocycles. The average molecular weight is 458 g/mol. The largest absolute Gasteiger partial charge is 0.485 e. The quantitative estimate of drug-likeness (QED) is 0.634. The molecule has 6 unspecified atom stereocenters. The predicted molar refractivity (Wildman–Crippen MR) is 128 cm³/mol. The SMILES string of the molecule is COC12C=CC3(CC1C(C)=O)C1Cc4ccc(OCc5ccccc5)c5c4C3(CCN1C)C2O5. The number of carbonyl (C=O) groups is 1. The Morgan fingerprint density at radius 2 is 2.00 bits per heavy atom. The van der Waals surface area contributed by atoms with E-state index in [1.807, 2.05) is 18.2 Å². The zero-order valence-electron chi connectivity index (χ0n) is 20.0. The fraction of sp³-hybridized carbons (Fsp3) is 0.483. The van der Waals surface area contributed by atoms with Gasteiger partial charge >= 0.3 is 0 Å². The molecular weight excluding hydrogens is 426 g/mol. The van der Waals surface area contributed by atoms with Gasteiger partial charge in [-0.2, -0.15) is 0 Å². The van der Waals surface area contributed by atoms with Crippen molar-refractivity contribution in [1.29, 1.82) is 0 Å². The highest BCUT2D eigenvalue weighted by Crippen LogP contribution is 2.74. The van der Waals surface area contributed by atoms with Crippen LogP contribution in [0.4, 0.5) is 0 Å². The minimum atomic E-state index is -0.752. The molecule has 176 valence electrons. The monoisotopic (exact) mass is 457 g/mol. The second-order valence-corrected chi connectivity index (χ2v) is 10.9. The minimum absolute atomic E-state index is 0.141. The van der Waals surface area contributed by atoms with Crippen molar-refractivity contribution in [2.45, 2.75) is 56.0 Å². The first-order valence-electron chi connectivity index (χ1n) is 12.4. The summed E-state index contributed by atoms with van der Waals surface area (Å²) in [5, 5.41) is 0. The summed E-state index contributed by atoms with van der Waals surface area (Å²) >= 11 is 0. The maximum Gasteiger partial charge on any atom is 0.166 e. The van der Waals surface area contributed by atoms with E-state index >= 15 is 0 Å². The first kappa shape index (κ1) is 20.7. The summed E-state index contributed by atoms with van der Waals surface area (Å²) in [6.07, 6.45) is 7.13. The molecule has 2 aromatic carbocycles. The van der Waals surface area contributed by atoms with Gasteiger partial charge in [-0.05, 0) is 57.0 Å². The van der Waals surface area contributed by atoms with Gasteiger partial charge in [0.2, 0.25) is 0 Å². The average Bonchev–Trinajstić information content (AvgIpc) is 3.23. The number of ether oxygens (including phenoxy) is 3. The van der Waals surface area contributed by atoms with E-state index in [0.29, 0.717) is 12.6 Å². The zero-order valence-corrected chi connectivity index (χ0v) is 20.0. The van der Waals surface area contributed by atoms with Crippen LogP contribution in [-0.4, -0.2) is 49.1 Å². The van der Waals surface area contributed by atoms with Crippen molar-refractivity contribution < 1.29 is 19.0 Å². The van der Waals surface area contributed by atoms with Crippen LogP contribution < -0.4 is 9.47 Å². The van der Waals surface area contributed by atoms with Gasteiger partial charge in [0, 0.05) is 24.1 Å². The zero-order chi connectivity index (χ0) is 23.3. The number of likely N-dealkylation sites (N-methyl/N-ethyl adjacent to an activating group) is 1. The maximum atomic E-state index is 13.0. The van der Waals surface area contributed by atoms with E-state index in [4.69, 9.17) is 14.2 Å². The van der Waals surface area contributed by atoms with Crippen LogP contribution in [0.1, 0.15) is 36.5 Å². The van der Waals surface area contributed by atoms with Gasteiger partial charge in [0.15, 0.2) is 11.5 Å². The number of piperidine rings is 1. The van der Waals surface area contributed by atoms with Gasteiger partial charge in [-0.3, -0.25) is 4.79 Å². The van der Waals surface area contributed by atoms with Crippen LogP contribution in [0.2, 0.25) is 0 Å². The Morgan fingerprint density at radius 3 is 2.76 bits per heavy atom. The summed E-state index contributed by atoms with van der Waals surface area (Å²) in [6, 6.07) is 14.9. The predicted octanol–water partition coefficient (Wildman–Crippen LogP) is 4.07. The molecule has 2 aliphatic heterocycles. The Balaban J connectivity index is 1.42. The highest BCUT2D eigenvalue weighted by atomic mass is 16.6. The number of carbonyl (C=O) groups excluding carboxylic acids is 1. The second-order valence-electron chi connectivity index (χ2n) is 10.9. The Bertz CT molecular complexity index is 1220. The molecule has 0 amide bonds. The molecule has 2 aromatic rings. The first-order valence-corrected chi connectivity index (χ1v) is 12.4. The van der Waals surface area contributed by atoms with Gasteiger partial charge in [0.1, 0.15) is 24.1 Å². The molecule has 6 aliphatic rings. The van der Waals surface area contributed by atoms with Crippen LogP contribution in [0.15, 0.2) is 54.6 Å². The number of hydrogen-bond donors (Lipinski definition) is 0. The molecule has 0 radical (unpaired) electrons. The molecule has 34 heavy (non-hydrogen) atoms. The fourth-order valence-corrected chi connectivity index (χ4v) is 8.35. The lowest BCUT2D eigenvalue weighted by atomic mass is 9.37. The number of methoxy groups -OCH3 is 1. The van der Waals surface area contributed by atoms with Crippen molar-refractivity contribution in [2.24, 2.45) is 11.3 Å². The van der Waals surface area contributed by atoms with E-state index in [-0.39, 0.29) is 28.6 Å². The highest BCUT2D eigenvalue weighted by Gasteiger charge is 2.79. The van der Waals surface area contributed by atoms with Gasteiger partial charge in [0.05, 0.1) is 11.3 Å². The third kappa shape index (κ3) is 2.21. The van der Waals surface area contributed by atoms with E-state index in [1.165, 1.54) is 11.1 Å². The normalized spacial score (nSPS) is 38.4. The molecule has 5 heteroatoms. The minimum Gasteiger partial charge on any atom is -0.485 e. The molecule has 2 heterocycles. The molecule has 0 N–H and O–H groups in total. The lowest BCUT2D eigenvalue weighted by Gasteiger charge is -2.70. The van der Waals surface area contributed by atoms with Crippen molar-refractivity contribution in [1.82, 2.24) is 4.90 Å². The Labute approximate surface area is 200 Å². The lowest BCUT2D eigenvalue weighted by molar-refractivity contribution is -0.212. The molecular formula is C29H31NO4. The van der Waals surface area contributed by atoms with E-state index in [1.54, 1.807) is 14.0 Å². The number of rotatable bonds is 5. The van der Waals surface area contributed by atoms with E-state index in [9.17, 15) is 4.79 Å². The van der Waals surface area contributed by atoms with Crippen LogP contribution >= 0.6 is 0 Å². The van der Waals surface area contributed by atoms with Crippen LogP contribution in [0, 0.1) is 11.3 Å². The number of benzene rings is 2. The van der Waals surface area contributed by atoms with Crippen molar-refractivity contribution in [2.75, 3.05) is 20.7 Å². The number of hydrogen-bond acceptors (Lipinski definition) is 5. The standard InChI is InChI=1S/C29H31NO4/c1-18(31)21-16-27-11-12-29(21,32-3)26-28(27)13-14-30(2)23(27)15-20-9-10-22(25(34-26)24(20)28)33-17-19-7-5-4-6-8-19/h4-12,21,23,26H,13-17H2,1-3H3. The molecule has 6 atom stereocenters. The van der Waals surface area contributed by atoms with Crippen molar-refractivity contribution in [3.05, 3.63) is 71.3 Å². The topological polar surface area (TPSA) is 48.0 Å². The molecule has 1 saturated heterocycles. The Kier molecular flexibility index (Phi) is 4.10. The molecule has 2 fully saturated rings. The number of likely N-dealkylation sites (tertiary alicyclic amines) is 1. The van der Waals surface area contributed by atoms with Gasteiger partial charge in [-0.25, -0.2) is 0 Å². The molecule has 4 aliphatic carbocycles. The van der Waals surface area contributed by atoms with Crippen molar-refractivity contribution in [3.63, 3.8) is 0 Å². The van der Waals surface area contributed by atoms with Gasteiger partial charge in [-0.1, -0.05) is 48.6 Å². The van der Waals surface area contributed by atoms with Crippen molar-refractivity contribution in [3.8, 4) is 11.5 Å². The number of nitrogens with zero attached hydrogens (tertiary/aromatic N) is 1. The highest BCUT2D eigenvalue weighted by molar-refractivity contribution is 5.82. The molecule has 2 spiro atoms. The number of ketones is 1. The Hall–Kier alpha value is -2.63. The summed E-state index contributed by atoms with van der Waals surface area (Å²) in [4.78, 5) is 15.5. The summed E-state index contributed by atoms with van der Waals surface area (Å²) in [5.74, 6) is 1.65. The van der Waals surface area contributed by atoms with Crippen LogP contribution in [0.25, 0.3) is 0 Å². The first-order chi connectivity index (χ1) is 16.5. The second kappa shape index (κ2) is 6.73. The number of fused-ring (bicyclic) bond motifs is 1.